The Morgan fingerprint density at radius 2 is 1.93 bits per heavy atom. The topological polar surface area (TPSA) is 70.0 Å². The minimum Gasteiger partial charge on any atom is -0.296 e. The third-order valence-corrected chi connectivity index (χ3v) is 3.34. The van der Waals surface area contributed by atoms with Crippen LogP contribution >= 0.6 is 0 Å². The van der Waals surface area contributed by atoms with E-state index in [4.69, 9.17) is 5.26 Å². The standard InChI is InChI=1S/C9H18N2O2S/c1-5-14(12,13)7-8(6-10)11-9(2,3)4/h8,11H,5,7H2,1-4H3. The molecule has 5 heteroatoms. The molecule has 0 aromatic heterocycles. The van der Waals surface area contributed by atoms with Crippen LogP contribution in [0, 0.1) is 11.3 Å². The Kier molecular flexibility index (Phi) is 4.56. The van der Waals surface area contributed by atoms with Crippen LogP contribution in [0.4, 0.5) is 0 Å². The summed E-state index contributed by atoms with van der Waals surface area (Å²) in [5, 5.41) is 11.7. The maximum absolute atomic E-state index is 11.3. The predicted molar refractivity (Wildman–Crippen MR) is 56.6 cm³/mol. The van der Waals surface area contributed by atoms with Crippen LogP contribution < -0.4 is 5.32 Å². The lowest BCUT2D eigenvalue weighted by molar-refractivity contribution is 0.407. The van der Waals surface area contributed by atoms with Gasteiger partial charge in [0, 0.05) is 11.3 Å². The number of hydrogen-bond acceptors (Lipinski definition) is 4. The molecule has 1 N–H and O–H groups in total. The first-order valence-corrected chi connectivity index (χ1v) is 6.40. The van der Waals surface area contributed by atoms with Gasteiger partial charge >= 0.3 is 0 Å². The van der Waals surface area contributed by atoms with E-state index in [1.165, 1.54) is 0 Å². The molecule has 0 rings (SSSR count). The minimum absolute atomic E-state index is 0.0804. The van der Waals surface area contributed by atoms with E-state index in [-0.39, 0.29) is 17.0 Å². The second-order valence-corrected chi connectivity index (χ2v) is 6.67. The van der Waals surface area contributed by atoms with Gasteiger partial charge in [-0.3, -0.25) is 5.32 Å². The number of hydrogen-bond donors (Lipinski definition) is 1. The highest BCUT2D eigenvalue weighted by Crippen LogP contribution is 2.03. The van der Waals surface area contributed by atoms with Crippen molar-refractivity contribution in [3.63, 3.8) is 0 Å². The number of nitrogens with one attached hydrogen (secondary N) is 1. The molecule has 0 aromatic carbocycles. The van der Waals surface area contributed by atoms with Crippen molar-refractivity contribution in [2.45, 2.75) is 39.3 Å². The second kappa shape index (κ2) is 4.76. The Hall–Kier alpha value is -0.600. The fraction of sp³-hybridized carbons (Fsp3) is 0.889. The predicted octanol–water partition coefficient (Wildman–Crippen LogP) is 0.701. The lowest BCUT2D eigenvalue weighted by Crippen LogP contribution is -2.46. The number of nitrogens with zero attached hydrogens (tertiary/aromatic N) is 1. The van der Waals surface area contributed by atoms with E-state index in [1.807, 2.05) is 26.8 Å². The third kappa shape index (κ3) is 5.95. The molecule has 0 aliphatic carbocycles. The third-order valence-electron chi connectivity index (χ3n) is 1.62. The zero-order chi connectivity index (χ0) is 11.4. The highest BCUT2D eigenvalue weighted by atomic mass is 32.2. The molecule has 0 aromatic rings. The van der Waals surface area contributed by atoms with Gasteiger partial charge in [-0.25, -0.2) is 8.42 Å². The van der Waals surface area contributed by atoms with Gasteiger partial charge in [-0.2, -0.15) is 5.26 Å². The van der Waals surface area contributed by atoms with Crippen molar-refractivity contribution in [2.24, 2.45) is 0 Å². The molecule has 0 spiro atoms. The van der Waals surface area contributed by atoms with Gasteiger partial charge in [-0.15, -0.1) is 0 Å². The summed E-state index contributed by atoms with van der Waals surface area (Å²) in [6.45, 7) is 7.28. The zero-order valence-electron chi connectivity index (χ0n) is 9.16. The Balaban J connectivity index is 4.42. The molecule has 0 amide bonds. The van der Waals surface area contributed by atoms with Gasteiger partial charge < -0.3 is 0 Å². The summed E-state index contributed by atoms with van der Waals surface area (Å²) in [5.74, 6) is -0.0335. The lowest BCUT2D eigenvalue weighted by atomic mass is 10.1. The van der Waals surface area contributed by atoms with Crippen molar-refractivity contribution in [1.82, 2.24) is 5.32 Å². The summed E-state index contributed by atoms with van der Waals surface area (Å²) < 4.78 is 22.5. The van der Waals surface area contributed by atoms with Crippen LogP contribution in [0.3, 0.4) is 0 Å². The molecule has 0 radical (unpaired) electrons. The van der Waals surface area contributed by atoms with Crippen LogP contribution in [0.15, 0.2) is 0 Å². The van der Waals surface area contributed by atoms with Gasteiger partial charge in [0.25, 0.3) is 0 Å². The highest BCUT2D eigenvalue weighted by Gasteiger charge is 2.21. The van der Waals surface area contributed by atoms with Gasteiger partial charge in [-0.1, -0.05) is 6.92 Å². The van der Waals surface area contributed by atoms with E-state index in [2.05, 4.69) is 5.32 Å². The lowest BCUT2D eigenvalue weighted by Gasteiger charge is -2.24. The summed E-state index contributed by atoms with van der Waals surface area (Å²) in [5.41, 5.74) is -0.246. The van der Waals surface area contributed by atoms with Gasteiger partial charge in [0.2, 0.25) is 0 Å². The molecular formula is C9H18N2O2S. The highest BCUT2D eigenvalue weighted by molar-refractivity contribution is 7.91. The van der Waals surface area contributed by atoms with E-state index in [0.29, 0.717) is 0 Å². The van der Waals surface area contributed by atoms with Crippen LogP contribution in [0.2, 0.25) is 0 Å². The van der Waals surface area contributed by atoms with Gasteiger partial charge in [-0.05, 0) is 20.8 Å². The largest absolute Gasteiger partial charge is 0.296 e. The van der Waals surface area contributed by atoms with Crippen molar-refractivity contribution in [1.29, 1.82) is 5.26 Å². The second-order valence-electron chi connectivity index (χ2n) is 4.27. The van der Waals surface area contributed by atoms with Crippen LogP contribution in [0.25, 0.3) is 0 Å². The monoisotopic (exact) mass is 218 g/mol. The SMILES string of the molecule is CCS(=O)(=O)CC(C#N)NC(C)(C)C. The summed E-state index contributed by atoms with van der Waals surface area (Å²) in [6.07, 6.45) is 0. The Morgan fingerprint density at radius 3 is 2.21 bits per heavy atom. The average molecular weight is 218 g/mol. The van der Waals surface area contributed by atoms with Crippen molar-refractivity contribution in [3.8, 4) is 6.07 Å². The van der Waals surface area contributed by atoms with Crippen molar-refractivity contribution in [3.05, 3.63) is 0 Å². The minimum atomic E-state index is -3.09. The normalized spacial score (nSPS) is 14.8. The molecule has 4 nitrogen and oxygen atoms in total. The van der Waals surface area contributed by atoms with Crippen molar-refractivity contribution in [2.75, 3.05) is 11.5 Å². The first-order chi connectivity index (χ1) is 6.20. The summed E-state index contributed by atoms with van der Waals surface area (Å²) in [7, 11) is -3.09. The molecule has 0 fully saturated rings. The Morgan fingerprint density at radius 1 is 1.43 bits per heavy atom. The quantitative estimate of drug-likeness (QED) is 0.754. The van der Waals surface area contributed by atoms with Crippen LogP contribution in [-0.2, 0) is 9.84 Å². The molecule has 0 aliphatic rings. The molecule has 1 unspecified atom stereocenters. The van der Waals surface area contributed by atoms with E-state index < -0.39 is 15.9 Å². The van der Waals surface area contributed by atoms with E-state index in [1.54, 1.807) is 6.92 Å². The summed E-state index contributed by atoms with van der Waals surface area (Å²) >= 11 is 0. The first-order valence-electron chi connectivity index (χ1n) is 4.58. The molecule has 0 heterocycles. The van der Waals surface area contributed by atoms with Crippen LogP contribution in [0.1, 0.15) is 27.7 Å². The van der Waals surface area contributed by atoms with Gasteiger partial charge in [0.15, 0.2) is 9.84 Å². The molecule has 0 saturated carbocycles. The molecule has 1 atom stereocenters. The Bertz CT molecular complexity index is 309. The van der Waals surface area contributed by atoms with Gasteiger partial charge in [0.1, 0.15) is 6.04 Å². The van der Waals surface area contributed by atoms with Gasteiger partial charge in [0.05, 0.1) is 11.8 Å². The molecule has 14 heavy (non-hydrogen) atoms. The summed E-state index contributed by atoms with van der Waals surface area (Å²) in [4.78, 5) is 0. The number of rotatable bonds is 4. The zero-order valence-corrected chi connectivity index (χ0v) is 9.98. The first kappa shape index (κ1) is 13.4. The number of sulfone groups is 1. The smallest absolute Gasteiger partial charge is 0.152 e. The Labute approximate surface area is 86.2 Å². The maximum atomic E-state index is 11.3. The molecule has 82 valence electrons. The average Bonchev–Trinajstić information content (AvgIpc) is 2.00. The molecule has 0 aliphatic heterocycles. The fourth-order valence-corrected chi connectivity index (χ4v) is 1.91. The number of nitriles is 1. The van der Waals surface area contributed by atoms with E-state index in [9.17, 15) is 8.42 Å². The van der Waals surface area contributed by atoms with E-state index in [0.717, 1.165) is 0 Å². The van der Waals surface area contributed by atoms with Crippen molar-refractivity contribution < 1.29 is 8.42 Å². The van der Waals surface area contributed by atoms with Crippen LogP contribution in [-0.4, -0.2) is 31.5 Å². The van der Waals surface area contributed by atoms with E-state index >= 15 is 0 Å². The molecular weight excluding hydrogens is 200 g/mol. The maximum Gasteiger partial charge on any atom is 0.152 e. The molecule has 0 bridgehead atoms. The van der Waals surface area contributed by atoms with Crippen LogP contribution in [0.5, 0.6) is 0 Å². The summed E-state index contributed by atoms with van der Waals surface area (Å²) in [6, 6.07) is 1.33. The van der Waals surface area contributed by atoms with Crippen molar-refractivity contribution >= 4 is 9.84 Å². The molecule has 0 saturated heterocycles. The fourth-order valence-electron chi connectivity index (χ4n) is 1.01.